The Morgan fingerprint density at radius 2 is 1.92 bits per heavy atom. The van der Waals surface area contributed by atoms with Gasteiger partial charge in [-0.3, -0.25) is 4.79 Å². The molecule has 0 spiro atoms. The van der Waals surface area contributed by atoms with Gasteiger partial charge in [-0.1, -0.05) is 13.8 Å². The van der Waals surface area contributed by atoms with Crippen LogP contribution in [0.2, 0.25) is 0 Å². The summed E-state index contributed by atoms with van der Waals surface area (Å²) in [5, 5.41) is 2.78. The fourth-order valence-corrected chi connectivity index (χ4v) is 0.958. The molecule has 12 heavy (non-hydrogen) atoms. The lowest BCUT2D eigenvalue weighted by atomic mass is 9.88. The minimum absolute atomic E-state index is 0.0384. The first kappa shape index (κ1) is 11.2. The first-order valence-corrected chi connectivity index (χ1v) is 4.09. The maximum absolute atomic E-state index is 11.0. The number of carbonyl (C=O) groups excluding carboxylic acids is 1. The number of carbonyl (C=O) groups is 1. The summed E-state index contributed by atoms with van der Waals surface area (Å²) >= 11 is 4.64. The van der Waals surface area contributed by atoms with E-state index < -0.39 is 11.4 Å². The predicted octanol–water partition coefficient (Wildman–Crippen LogP) is -0.280. The summed E-state index contributed by atoms with van der Waals surface area (Å²) < 4.78 is 0. The van der Waals surface area contributed by atoms with Gasteiger partial charge in [-0.15, -0.1) is 0 Å². The number of rotatable bonds is 3. The monoisotopic (exact) mass is 189 g/mol. The molecule has 0 radical (unpaired) electrons. The van der Waals surface area contributed by atoms with Crippen molar-refractivity contribution in [2.45, 2.75) is 26.3 Å². The van der Waals surface area contributed by atoms with Crippen LogP contribution in [-0.4, -0.2) is 16.6 Å². The zero-order chi connectivity index (χ0) is 9.94. The van der Waals surface area contributed by atoms with E-state index in [4.69, 9.17) is 11.5 Å². The van der Waals surface area contributed by atoms with E-state index in [0.717, 1.165) is 0 Å². The Kier molecular flexibility index (Phi) is 3.45. The second-order valence-electron chi connectivity index (χ2n) is 3.21. The number of hydrogen-bond acceptors (Lipinski definition) is 2. The van der Waals surface area contributed by atoms with E-state index >= 15 is 0 Å². The highest BCUT2D eigenvalue weighted by Gasteiger charge is 2.34. The maximum atomic E-state index is 11.0. The van der Waals surface area contributed by atoms with Gasteiger partial charge in [0.2, 0.25) is 5.91 Å². The van der Waals surface area contributed by atoms with Crippen LogP contribution < -0.4 is 16.8 Å². The van der Waals surface area contributed by atoms with Gasteiger partial charge in [0.1, 0.15) is 5.54 Å². The predicted molar refractivity (Wildman–Crippen MR) is 52.4 cm³/mol. The lowest BCUT2D eigenvalue weighted by Gasteiger charge is -2.31. The Morgan fingerprint density at radius 3 is 2.00 bits per heavy atom. The van der Waals surface area contributed by atoms with Crippen molar-refractivity contribution >= 4 is 23.2 Å². The van der Waals surface area contributed by atoms with Gasteiger partial charge in [0, 0.05) is 0 Å². The highest BCUT2D eigenvalue weighted by atomic mass is 32.1. The van der Waals surface area contributed by atoms with Crippen molar-refractivity contribution in [3.63, 3.8) is 0 Å². The summed E-state index contributed by atoms with van der Waals surface area (Å²) in [6.45, 7) is 5.42. The number of nitrogens with one attached hydrogen (secondary N) is 1. The van der Waals surface area contributed by atoms with Crippen LogP contribution in [0, 0.1) is 5.92 Å². The molecule has 0 aliphatic heterocycles. The summed E-state index contributed by atoms with van der Waals surface area (Å²) in [6, 6.07) is 0. The SMILES string of the molecule is CC(C)C(C)(NC(N)=S)C(N)=O. The van der Waals surface area contributed by atoms with Gasteiger partial charge in [0.05, 0.1) is 0 Å². The van der Waals surface area contributed by atoms with Crippen molar-refractivity contribution in [2.75, 3.05) is 0 Å². The molecule has 0 rings (SSSR count). The Hall–Kier alpha value is -0.840. The van der Waals surface area contributed by atoms with E-state index in [1.807, 2.05) is 13.8 Å². The number of amides is 1. The number of thiocarbonyl (C=S) groups is 1. The third kappa shape index (κ3) is 2.34. The van der Waals surface area contributed by atoms with E-state index in [9.17, 15) is 4.79 Å². The minimum atomic E-state index is -0.855. The smallest absolute Gasteiger partial charge is 0.243 e. The average Bonchev–Trinajstić information content (AvgIpc) is 1.84. The quantitative estimate of drug-likeness (QED) is 0.533. The van der Waals surface area contributed by atoms with Crippen LogP contribution in [0.3, 0.4) is 0 Å². The van der Waals surface area contributed by atoms with Gasteiger partial charge in [-0.25, -0.2) is 0 Å². The fraction of sp³-hybridized carbons (Fsp3) is 0.714. The van der Waals surface area contributed by atoms with Crippen LogP contribution in [0.15, 0.2) is 0 Å². The molecule has 0 saturated carbocycles. The molecule has 1 unspecified atom stereocenters. The molecule has 0 aliphatic rings. The molecule has 4 nitrogen and oxygen atoms in total. The second kappa shape index (κ2) is 3.71. The zero-order valence-corrected chi connectivity index (χ0v) is 8.37. The molecule has 5 heteroatoms. The zero-order valence-electron chi connectivity index (χ0n) is 7.55. The van der Waals surface area contributed by atoms with Gasteiger partial charge in [-0.2, -0.15) is 0 Å². The largest absolute Gasteiger partial charge is 0.376 e. The third-order valence-corrected chi connectivity index (χ3v) is 2.15. The van der Waals surface area contributed by atoms with Crippen LogP contribution in [0.25, 0.3) is 0 Å². The molecular weight excluding hydrogens is 174 g/mol. The Labute approximate surface area is 77.7 Å². The first-order chi connectivity index (χ1) is 5.30. The van der Waals surface area contributed by atoms with Gasteiger partial charge >= 0.3 is 0 Å². The molecule has 5 N–H and O–H groups in total. The third-order valence-electron chi connectivity index (χ3n) is 2.05. The Bertz CT molecular complexity index is 205. The van der Waals surface area contributed by atoms with Crippen LogP contribution >= 0.6 is 12.2 Å². The number of nitrogens with two attached hydrogens (primary N) is 2. The lowest BCUT2D eigenvalue weighted by molar-refractivity contribution is -0.124. The van der Waals surface area contributed by atoms with Gasteiger partial charge in [-0.05, 0) is 25.1 Å². The second-order valence-corrected chi connectivity index (χ2v) is 3.65. The molecule has 0 aliphatic carbocycles. The minimum Gasteiger partial charge on any atom is -0.376 e. The number of hydrogen-bond donors (Lipinski definition) is 3. The van der Waals surface area contributed by atoms with Crippen molar-refractivity contribution in [3.05, 3.63) is 0 Å². The standard InChI is InChI=1S/C7H15N3OS/c1-4(2)7(3,5(8)11)10-6(9)12/h4H,1-3H3,(H2,8,11)(H3,9,10,12). The van der Waals surface area contributed by atoms with Crippen LogP contribution in [-0.2, 0) is 4.79 Å². The molecule has 1 atom stereocenters. The molecule has 0 aromatic carbocycles. The molecule has 0 aromatic heterocycles. The highest BCUT2D eigenvalue weighted by Crippen LogP contribution is 2.15. The van der Waals surface area contributed by atoms with E-state index in [1.165, 1.54) is 0 Å². The summed E-state index contributed by atoms with van der Waals surface area (Å²) in [5.74, 6) is -0.415. The molecule has 70 valence electrons. The van der Waals surface area contributed by atoms with Crippen LogP contribution in [0.1, 0.15) is 20.8 Å². The molecule has 0 aromatic rings. The summed E-state index contributed by atoms with van der Waals surface area (Å²) in [4.78, 5) is 11.0. The van der Waals surface area contributed by atoms with Crippen LogP contribution in [0.4, 0.5) is 0 Å². The van der Waals surface area contributed by atoms with Gasteiger partial charge in [0.15, 0.2) is 5.11 Å². The molecule has 0 bridgehead atoms. The van der Waals surface area contributed by atoms with Gasteiger partial charge in [0.25, 0.3) is 0 Å². The highest BCUT2D eigenvalue weighted by molar-refractivity contribution is 7.80. The molecule has 1 amide bonds. The van der Waals surface area contributed by atoms with Crippen molar-refractivity contribution in [3.8, 4) is 0 Å². The van der Waals surface area contributed by atoms with Crippen molar-refractivity contribution < 1.29 is 4.79 Å². The summed E-state index contributed by atoms with van der Waals surface area (Å²) in [7, 11) is 0. The molecule has 0 saturated heterocycles. The van der Waals surface area contributed by atoms with Crippen molar-refractivity contribution in [1.82, 2.24) is 5.32 Å². The molecule has 0 heterocycles. The summed E-state index contributed by atoms with van der Waals surface area (Å²) in [6.07, 6.45) is 0. The number of primary amides is 1. The first-order valence-electron chi connectivity index (χ1n) is 3.68. The maximum Gasteiger partial charge on any atom is 0.243 e. The van der Waals surface area contributed by atoms with E-state index in [-0.39, 0.29) is 11.0 Å². The Balaban J connectivity index is 4.62. The van der Waals surface area contributed by atoms with Gasteiger partial charge < -0.3 is 16.8 Å². The van der Waals surface area contributed by atoms with Crippen molar-refractivity contribution in [1.29, 1.82) is 0 Å². The van der Waals surface area contributed by atoms with E-state index in [2.05, 4.69) is 17.5 Å². The fourth-order valence-electron chi connectivity index (χ4n) is 0.746. The lowest BCUT2D eigenvalue weighted by Crippen LogP contribution is -2.59. The Morgan fingerprint density at radius 1 is 1.50 bits per heavy atom. The molecular formula is C7H15N3OS. The summed E-state index contributed by atoms with van der Waals surface area (Å²) in [5.41, 5.74) is 9.61. The van der Waals surface area contributed by atoms with Crippen molar-refractivity contribution in [2.24, 2.45) is 17.4 Å². The van der Waals surface area contributed by atoms with Crippen LogP contribution in [0.5, 0.6) is 0 Å². The van der Waals surface area contributed by atoms with E-state index in [0.29, 0.717) is 0 Å². The molecule has 0 fully saturated rings. The average molecular weight is 189 g/mol. The topological polar surface area (TPSA) is 81.1 Å². The normalized spacial score (nSPS) is 15.3. The van der Waals surface area contributed by atoms with E-state index in [1.54, 1.807) is 6.92 Å².